The van der Waals surface area contributed by atoms with Gasteiger partial charge in [-0.2, -0.15) is 0 Å². The van der Waals surface area contributed by atoms with Crippen LogP contribution >= 0.6 is 0 Å². The van der Waals surface area contributed by atoms with Gasteiger partial charge in [0.25, 0.3) is 0 Å². The quantitative estimate of drug-likeness (QED) is 0.828. The SMILES string of the molecule is O=C(O)C1CCC1Cc1ccc(F)cc1. The average Bonchev–Trinajstić information content (AvgIpc) is 2.14. The minimum atomic E-state index is -0.701. The van der Waals surface area contributed by atoms with Crippen molar-refractivity contribution in [2.45, 2.75) is 19.3 Å². The van der Waals surface area contributed by atoms with Gasteiger partial charge in [-0.1, -0.05) is 12.1 Å². The monoisotopic (exact) mass is 208 g/mol. The third-order valence-electron chi connectivity index (χ3n) is 3.15. The first-order valence-electron chi connectivity index (χ1n) is 5.14. The molecule has 1 saturated carbocycles. The van der Waals surface area contributed by atoms with Crippen molar-refractivity contribution in [1.82, 2.24) is 0 Å². The predicted octanol–water partition coefficient (Wildman–Crippen LogP) is 2.48. The lowest BCUT2D eigenvalue weighted by atomic mass is 9.71. The van der Waals surface area contributed by atoms with Gasteiger partial charge in [-0.3, -0.25) is 4.79 Å². The van der Waals surface area contributed by atoms with Gasteiger partial charge in [-0.15, -0.1) is 0 Å². The second kappa shape index (κ2) is 4.01. The standard InChI is InChI=1S/C12H13FO2/c13-10-4-1-8(2-5-10)7-9-3-6-11(9)12(14)15/h1-2,4-5,9,11H,3,6-7H2,(H,14,15). The van der Waals surface area contributed by atoms with Crippen LogP contribution in [0.5, 0.6) is 0 Å². The highest BCUT2D eigenvalue weighted by Gasteiger charge is 2.36. The topological polar surface area (TPSA) is 37.3 Å². The van der Waals surface area contributed by atoms with Gasteiger partial charge in [0.15, 0.2) is 0 Å². The van der Waals surface area contributed by atoms with Crippen molar-refractivity contribution in [3.05, 3.63) is 35.6 Å². The molecule has 0 aromatic heterocycles. The zero-order chi connectivity index (χ0) is 10.8. The summed E-state index contributed by atoms with van der Waals surface area (Å²) in [5.41, 5.74) is 1.02. The lowest BCUT2D eigenvalue weighted by molar-refractivity contribution is -0.147. The predicted molar refractivity (Wildman–Crippen MR) is 54.0 cm³/mol. The Bertz CT molecular complexity index is 358. The Morgan fingerprint density at radius 1 is 1.33 bits per heavy atom. The Labute approximate surface area is 87.7 Å². The number of carboxylic acid groups (broad SMARTS) is 1. The second-order valence-corrected chi connectivity index (χ2v) is 4.11. The molecule has 0 saturated heterocycles. The summed E-state index contributed by atoms with van der Waals surface area (Å²) in [4.78, 5) is 10.8. The van der Waals surface area contributed by atoms with Gasteiger partial charge in [0.1, 0.15) is 5.82 Å². The molecular formula is C12H13FO2. The van der Waals surface area contributed by atoms with Crippen LogP contribution in [0.3, 0.4) is 0 Å². The van der Waals surface area contributed by atoms with Gasteiger partial charge in [0, 0.05) is 0 Å². The van der Waals surface area contributed by atoms with Gasteiger partial charge >= 0.3 is 5.97 Å². The van der Waals surface area contributed by atoms with Gasteiger partial charge in [-0.25, -0.2) is 4.39 Å². The van der Waals surface area contributed by atoms with Crippen LogP contribution in [0.15, 0.2) is 24.3 Å². The Morgan fingerprint density at radius 3 is 2.47 bits per heavy atom. The van der Waals surface area contributed by atoms with Crippen LogP contribution in [0, 0.1) is 17.7 Å². The molecule has 3 heteroatoms. The number of hydrogen-bond acceptors (Lipinski definition) is 1. The number of halogens is 1. The van der Waals surface area contributed by atoms with E-state index in [-0.39, 0.29) is 17.7 Å². The minimum Gasteiger partial charge on any atom is -0.481 e. The van der Waals surface area contributed by atoms with Crippen LogP contribution in [0.4, 0.5) is 4.39 Å². The molecule has 1 aromatic rings. The molecule has 0 amide bonds. The van der Waals surface area contributed by atoms with E-state index >= 15 is 0 Å². The highest BCUT2D eigenvalue weighted by Crippen LogP contribution is 2.36. The molecule has 15 heavy (non-hydrogen) atoms. The third-order valence-corrected chi connectivity index (χ3v) is 3.15. The van der Waals surface area contributed by atoms with E-state index in [1.54, 1.807) is 12.1 Å². The molecule has 0 radical (unpaired) electrons. The highest BCUT2D eigenvalue weighted by molar-refractivity contribution is 5.71. The molecule has 80 valence electrons. The largest absolute Gasteiger partial charge is 0.481 e. The first-order valence-corrected chi connectivity index (χ1v) is 5.14. The summed E-state index contributed by atoms with van der Waals surface area (Å²) in [6.45, 7) is 0. The minimum absolute atomic E-state index is 0.199. The summed E-state index contributed by atoms with van der Waals surface area (Å²) >= 11 is 0. The van der Waals surface area contributed by atoms with Crippen molar-refractivity contribution < 1.29 is 14.3 Å². The van der Waals surface area contributed by atoms with Crippen LogP contribution in [0.1, 0.15) is 18.4 Å². The fourth-order valence-corrected chi connectivity index (χ4v) is 2.06. The molecule has 2 rings (SSSR count). The van der Waals surface area contributed by atoms with E-state index in [4.69, 9.17) is 5.11 Å². The van der Waals surface area contributed by atoms with Crippen LogP contribution in [0.2, 0.25) is 0 Å². The number of benzene rings is 1. The van der Waals surface area contributed by atoms with Gasteiger partial charge in [0.2, 0.25) is 0 Å². The molecule has 1 aromatic carbocycles. The summed E-state index contributed by atoms with van der Waals surface area (Å²) in [6, 6.07) is 6.30. The van der Waals surface area contributed by atoms with Crippen LogP contribution in [-0.2, 0) is 11.2 Å². The Kier molecular flexibility index (Phi) is 2.71. The first kappa shape index (κ1) is 10.1. The smallest absolute Gasteiger partial charge is 0.306 e. The van der Waals surface area contributed by atoms with Crippen molar-refractivity contribution in [2.75, 3.05) is 0 Å². The zero-order valence-electron chi connectivity index (χ0n) is 8.32. The Morgan fingerprint density at radius 2 is 2.00 bits per heavy atom. The molecule has 1 aliphatic carbocycles. The van der Waals surface area contributed by atoms with Crippen LogP contribution in [0.25, 0.3) is 0 Å². The van der Waals surface area contributed by atoms with E-state index < -0.39 is 5.97 Å². The number of carboxylic acids is 1. The second-order valence-electron chi connectivity index (χ2n) is 4.11. The molecule has 0 spiro atoms. The van der Waals surface area contributed by atoms with Crippen LogP contribution in [-0.4, -0.2) is 11.1 Å². The maximum absolute atomic E-state index is 12.6. The third kappa shape index (κ3) is 2.17. The van der Waals surface area contributed by atoms with Gasteiger partial charge in [-0.05, 0) is 42.9 Å². The first-order chi connectivity index (χ1) is 7.16. The Balaban J connectivity index is 1.97. The van der Waals surface area contributed by atoms with E-state index in [1.165, 1.54) is 12.1 Å². The van der Waals surface area contributed by atoms with Crippen molar-refractivity contribution in [2.24, 2.45) is 11.8 Å². The molecule has 2 atom stereocenters. The fraction of sp³-hybridized carbons (Fsp3) is 0.417. The van der Waals surface area contributed by atoms with Crippen LogP contribution < -0.4 is 0 Å². The molecule has 1 aliphatic rings. The summed E-state index contributed by atoms with van der Waals surface area (Å²) in [5.74, 6) is -0.918. The molecule has 1 N–H and O–H groups in total. The molecule has 1 fully saturated rings. The summed E-state index contributed by atoms with van der Waals surface area (Å²) in [5, 5.41) is 8.87. The van der Waals surface area contributed by atoms with Crippen molar-refractivity contribution in [3.8, 4) is 0 Å². The summed E-state index contributed by atoms with van der Waals surface area (Å²) in [7, 11) is 0. The van der Waals surface area contributed by atoms with Gasteiger partial charge < -0.3 is 5.11 Å². The Hall–Kier alpha value is -1.38. The fourth-order valence-electron chi connectivity index (χ4n) is 2.06. The van der Waals surface area contributed by atoms with Crippen molar-refractivity contribution in [1.29, 1.82) is 0 Å². The van der Waals surface area contributed by atoms with E-state index in [1.807, 2.05) is 0 Å². The van der Waals surface area contributed by atoms with E-state index in [0.717, 1.165) is 24.8 Å². The molecule has 0 aliphatic heterocycles. The lowest BCUT2D eigenvalue weighted by Gasteiger charge is -2.33. The highest BCUT2D eigenvalue weighted by atomic mass is 19.1. The van der Waals surface area contributed by atoms with E-state index in [2.05, 4.69) is 0 Å². The molecule has 2 unspecified atom stereocenters. The number of aliphatic carboxylic acids is 1. The molecule has 0 heterocycles. The normalized spacial score (nSPS) is 24.6. The average molecular weight is 208 g/mol. The lowest BCUT2D eigenvalue weighted by Crippen LogP contribution is -2.34. The number of hydrogen-bond donors (Lipinski definition) is 1. The number of carbonyl (C=O) groups is 1. The number of rotatable bonds is 3. The van der Waals surface area contributed by atoms with Crippen molar-refractivity contribution >= 4 is 5.97 Å². The summed E-state index contributed by atoms with van der Waals surface area (Å²) in [6.07, 6.45) is 2.49. The molecule has 2 nitrogen and oxygen atoms in total. The summed E-state index contributed by atoms with van der Waals surface area (Å²) < 4.78 is 12.6. The van der Waals surface area contributed by atoms with Gasteiger partial charge in [0.05, 0.1) is 5.92 Å². The van der Waals surface area contributed by atoms with Crippen molar-refractivity contribution in [3.63, 3.8) is 0 Å². The maximum Gasteiger partial charge on any atom is 0.306 e. The van der Waals surface area contributed by atoms with E-state index in [0.29, 0.717) is 0 Å². The molecule has 0 bridgehead atoms. The maximum atomic E-state index is 12.6. The zero-order valence-corrected chi connectivity index (χ0v) is 8.32. The van der Waals surface area contributed by atoms with E-state index in [9.17, 15) is 9.18 Å². The molecular weight excluding hydrogens is 195 g/mol.